The van der Waals surface area contributed by atoms with Crippen molar-refractivity contribution in [2.24, 2.45) is 0 Å². The summed E-state index contributed by atoms with van der Waals surface area (Å²) >= 11 is 0. The third-order valence-electron chi connectivity index (χ3n) is 3.30. The normalized spacial score (nSPS) is 10.6. The number of halogens is 2. The van der Waals surface area contributed by atoms with E-state index in [2.05, 4.69) is 10.1 Å². The van der Waals surface area contributed by atoms with Gasteiger partial charge in [-0.25, -0.2) is 0 Å². The Morgan fingerprint density at radius 2 is 1.72 bits per heavy atom. The zero-order valence-corrected chi connectivity index (χ0v) is 13.7. The lowest BCUT2D eigenvalue weighted by atomic mass is 10.1. The van der Waals surface area contributed by atoms with Gasteiger partial charge in [-0.1, -0.05) is 30.3 Å². The number of methoxy groups -OCH3 is 1. The molecule has 2 rings (SSSR count). The maximum atomic E-state index is 12.4. The number of amides is 1. The molecule has 0 radical (unpaired) electrons. The second kappa shape index (κ2) is 9.58. The zero-order valence-electron chi connectivity index (χ0n) is 13.7. The summed E-state index contributed by atoms with van der Waals surface area (Å²) in [6, 6.07) is 13.1. The summed E-state index contributed by atoms with van der Waals surface area (Å²) < 4.78 is 39.7. The van der Waals surface area contributed by atoms with Crippen molar-refractivity contribution in [3.8, 4) is 11.5 Å². The number of ether oxygens (including phenoxy) is 3. The Morgan fingerprint density at radius 3 is 2.44 bits per heavy atom. The summed E-state index contributed by atoms with van der Waals surface area (Å²) in [7, 11) is 1.56. The van der Waals surface area contributed by atoms with Gasteiger partial charge in [0, 0.05) is 19.2 Å². The molecule has 2 aromatic rings. The molecule has 0 aliphatic rings. The number of hydrogen-bond donors (Lipinski definition) is 1. The molecule has 0 aliphatic carbocycles. The fourth-order valence-electron chi connectivity index (χ4n) is 2.15. The van der Waals surface area contributed by atoms with Crippen molar-refractivity contribution in [2.45, 2.75) is 13.2 Å². The fourth-order valence-corrected chi connectivity index (χ4v) is 2.15. The standard InChI is InChI=1S/C18H19F2NO4/c1-23-10-11-24-16-9-5-3-7-14(16)17(22)21-12-13-6-2-4-8-15(13)25-18(19)20/h2-9,18H,10-12H2,1H3,(H,21,22). The minimum Gasteiger partial charge on any atom is -0.490 e. The maximum absolute atomic E-state index is 12.4. The van der Waals surface area contributed by atoms with Crippen LogP contribution in [0.15, 0.2) is 48.5 Å². The molecule has 0 saturated carbocycles. The highest BCUT2D eigenvalue weighted by Crippen LogP contribution is 2.21. The third-order valence-corrected chi connectivity index (χ3v) is 3.30. The number of carbonyl (C=O) groups excluding carboxylic acids is 1. The van der Waals surface area contributed by atoms with Crippen molar-refractivity contribution < 1.29 is 27.8 Å². The van der Waals surface area contributed by atoms with Crippen LogP contribution in [0.3, 0.4) is 0 Å². The van der Waals surface area contributed by atoms with E-state index in [9.17, 15) is 13.6 Å². The molecule has 25 heavy (non-hydrogen) atoms. The average Bonchev–Trinajstić information content (AvgIpc) is 2.61. The van der Waals surface area contributed by atoms with E-state index in [0.717, 1.165) is 0 Å². The lowest BCUT2D eigenvalue weighted by molar-refractivity contribution is -0.0504. The van der Waals surface area contributed by atoms with E-state index in [1.807, 2.05) is 0 Å². The zero-order chi connectivity index (χ0) is 18.1. The first kappa shape index (κ1) is 18.7. The van der Waals surface area contributed by atoms with Gasteiger partial charge in [0.1, 0.15) is 18.1 Å². The van der Waals surface area contributed by atoms with E-state index in [1.165, 1.54) is 6.07 Å². The van der Waals surface area contributed by atoms with Crippen LogP contribution < -0.4 is 14.8 Å². The molecule has 7 heteroatoms. The number of rotatable bonds is 9. The Labute approximate surface area is 144 Å². The number of alkyl halides is 2. The predicted octanol–water partition coefficient (Wildman–Crippen LogP) is 3.24. The highest BCUT2D eigenvalue weighted by molar-refractivity contribution is 5.96. The van der Waals surface area contributed by atoms with Gasteiger partial charge in [0.15, 0.2) is 0 Å². The molecular formula is C18H19F2NO4. The third kappa shape index (κ3) is 5.72. The molecule has 0 aromatic heterocycles. The lowest BCUT2D eigenvalue weighted by Gasteiger charge is -2.13. The molecule has 1 N–H and O–H groups in total. The van der Waals surface area contributed by atoms with Gasteiger partial charge in [0.25, 0.3) is 5.91 Å². The SMILES string of the molecule is COCCOc1ccccc1C(=O)NCc1ccccc1OC(F)F. The summed E-state index contributed by atoms with van der Waals surface area (Å²) in [6.45, 7) is -2.17. The van der Waals surface area contributed by atoms with Crippen molar-refractivity contribution in [1.82, 2.24) is 5.32 Å². The number of nitrogens with one attached hydrogen (secondary N) is 1. The predicted molar refractivity (Wildman–Crippen MR) is 88.1 cm³/mol. The molecule has 0 heterocycles. The number of carbonyl (C=O) groups is 1. The monoisotopic (exact) mass is 351 g/mol. The van der Waals surface area contributed by atoms with Gasteiger partial charge in [0.05, 0.1) is 12.2 Å². The van der Waals surface area contributed by atoms with Gasteiger partial charge in [-0.2, -0.15) is 8.78 Å². The van der Waals surface area contributed by atoms with Crippen LogP contribution in [0.4, 0.5) is 8.78 Å². The Hall–Kier alpha value is -2.67. The van der Waals surface area contributed by atoms with Crippen LogP contribution in [-0.4, -0.2) is 32.8 Å². The van der Waals surface area contributed by atoms with Gasteiger partial charge < -0.3 is 19.5 Å². The summed E-state index contributed by atoms with van der Waals surface area (Å²) in [5.41, 5.74) is 0.805. The molecule has 0 unspecified atom stereocenters. The van der Waals surface area contributed by atoms with Crippen LogP contribution in [0.2, 0.25) is 0 Å². The molecule has 5 nitrogen and oxygen atoms in total. The average molecular weight is 351 g/mol. The van der Waals surface area contributed by atoms with Gasteiger partial charge in [-0.3, -0.25) is 4.79 Å². The van der Waals surface area contributed by atoms with Gasteiger partial charge >= 0.3 is 6.61 Å². The van der Waals surface area contributed by atoms with Crippen LogP contribution >= 0.6 is 0 Å². The molecule has 2 aromatic carbocycles. The Balaban J connectivity index is 2.04. The minimum absolute atomic E-state index is 0.0300. The molecular weight excluding hydrogens is 332 g/mol. The number of benzene rings is 2. The van der Waals surface area contributed by atoms with E-state index >= 15 is 0 Å². The maximum Gasteiger partial charge on any atom is 0.387 e. The van der Waals surface area contributed by atoms with Crippen molar-refractivity contribution in [2.75, 3.05) is 20.3 Å². The summed E-state index contributed by atoms with van der Waals surface area (Å²) in [6.07, 6.45) is 0. The number of hydrogen-bond acceptors (Lipinski definition) is 4. The molecule has 0 saturated heterocycles. The van der Waals surface area contributed by atoms with Crippen molar-refractivity contribution >= 4 is 5.91 Å². The quantitative estimate of drug-likeness (QED) is 0.705. The largest absolute Gasteiger partial charge is 0.490 e. The molecule has 134 valence electrons. The summed E-state index contributed by atoms with van der Waals surface area (Å²) in [4.78, 5) is 12.4. The summed E-state index contributed by atoms with van der Waals surface area (Å²) in [5.74, 6) is 0.0801. The first-order valence-corrected chi connectivity index (χ1v) is 7.63. The van der Waals surface area contributed by atoms with Crippen LogP contribution in [-0.2, 0) is 11.3 Å². The molecule has 0 atom stereocenters. The number of para-hydroxylation sites is 2. The molecule has 0 spiro atoms. The molecule has 0 bridgehead atoms. The van der Waals surface area contributed by atoms with E-state index in [0.29, 0.717) is 30.1 Å². The van der Waals surface area contributed by atoms with Crippen LogP contribution in [0.25, 0.3) is 0 Å². The van der Waals surface area contributed by atoms with E-state index in [1.54, 1.807) is 49.6 Å². The van der Waals surface area contributed by atoms with E-state index < -0.39 is 6.61 Å². The Morgan fingerprint density at radius 1 is 1.04 bits per heavy atom. The highest BCUT2D eigenvalue weighted by Gasteiger charge is 2.14. The fraction of sp³-hybridized carbons (Fsp3) is 0.278. The van der Waals surface area contributed by atoms with Crippen molar-refractivity contribution in [3.63, 3.8) is 0 Å². The second-order valence-electron chi connectivity index (χ2n) is 5.01. The molecule has 1 amide bonds. The van der Waals surface area contributed by atoms with Gasteiger partial charge in [-0.15, -0.1) is 0 Å². The molecule has 0 fully saturated rings. The first-order valence-electron chi connectivity index (χ1n) is 7.63. The molecule has 0 aliphatic heterocycles. The summed E-state index contributed by atoms with van der Waals surface area (Å²) in [5, 5.41) is 2.68. The van der Waals surface area contributed by atoms with Gasteiger partial charge in [-0.05, 0) is 18.2 Å². The van der Waals surface area contributed by atoms with Gasteiger partial charge in [0.2, 0.25) is 0 Å². The van der Waals surface area contributed by atoms with Crippen LogP contribution in [0.5, 0.6) is 11.5 Å². The topological polar surface area (TPSA) is 56.8 Å². The van der Waals surface area contributed by atoms with E-state index in [4.69, 9.17) is 9.47 Å². The lowest BCUT2D eigenvalue weighted by Crippen LogP contribution is -2.24. The van der Waals surface area contributed by atoms with Crippen LogP contribution in [0, 0.1) is 0 Å². The van der Waals surface area contributed by atoms with Crippen LogP contribution in [0.1, 0.15) is 15.9 Å². The minimum atomic E-state index is -2.92. The highest BCUT2D eigenvalue weighted by atomic mass is 19.3. The first-order chi connectivity index (χ1) is 12.1. The van der Waals surface area contributed by atoms with Crippen molar-refractivity contribution in [3.05, 3.63) is 59.7 Å². The van der Waals surface area contributed by atoms with E-state index in [-0.39, 0.29) is 18.2 Å². The Kier molecular flexibility index (Phi) is 7.16. The van der Waals surface area contributed by atoms with Crippen molar-refractivity contribution in [1.29, 1.82) is 0 Å². The smallest absolute Gasteiger partial charge is 0.387 e. The second-order valence-corrected chi connectivity index (χ2v) is 5.01. The Bertz CT molecular complexity index is 694.